The second-order valence-electron chi connectivity index (χ2n) is 3.90. The third-order valence-electron chi connectivity index (χ3n) is 2.62. The number of nitrogens with one attached hydrogen (secondary N) is 1. The molecule has 1 N–H and O–H groups in total. The van der Waals surface area contributed by atoms with Crippen LogP contribution in [0.15, 0.2) is 24.3 Å². The highest BCUT2D eigenvalue weighted by molar-refractivity contribution is 6.30. The first kappa shape index (κ1) is 14.3. The molecule has 0 heterocycles. The van der Waals surface area contributed by atoms with Crippen molar-refractivity contribution in [1.29, 1.82) is 0 Å². The Morgan fingerprint density at radius 1 is 1.24 bits per heavy atom. The SMILES string of the molecule is CNC(CCCc1ccc(Cl)cc1)C(F)(F)F. The van der Waals surface area contributed by atoms with Gasteiger partial charge in [0.25, 0.3) is 0 Å². The number of aryl methyl sites for hydroxylation is 1. The van der Waals surface area contributed by atoms with Crippen LogP contribution in [-0.4, -0.2) is 19.3 Å². The van der Waals surface area contributed by atoms with Crippen LogP contribution < -0.4 is 5.32 Å². The first-order valence-electron chi connectivity index (χ1n) is 5.42. The third kappa shape index (κ3) is 4.96. The van der Waals surface area contributed by atoms with E-state index in [0.717, 1.165) is 5.56 Å². The molecular weight excluding hydrogens is 251 g/mol. The number of benzene rings is 1. The lowest BCUT2D eigenvalue weighted by atomic mass is 10.0. The molecule has 1 unspecified atom stereocenters. The topological polar surface area (TPSA) is 12.0 Å². The third-order valence-corrected chi connectivity index (χ3v) is 2.87. The molecule has 0 bridgehead atoms. The van der Waals surface area contributed by atoms with E-state index >= 15 is 0 Å². The second-order valence-corrected chi connectivity index (χ2v) is 4.34. The molecule has 0 fully saturated rings. The Labute approximate surface area is 104 Å². The maximum atomic E-state index is 12.4. The summed E-state index contributed by atoms with van der Waals surface area (Å²) in [5, 5.41) is 2.93. The summed E-state index contributed by atoms with van der Waals surface area (Å²) in [6, 6.07) is 5.75. The molecule has 0 radical (unpaired) electrons. The Kier molecular flexibility index (Phi) is 5.28. The van der Waals surface area contributed by atoms with Crippen molar-refractivity contribution in [1.82, 2.24) is 5.32 Å². The largest absolute Gasteiger partial charge is 0.403 e. The molecule has 1 rings (SSSR count). The molecule has 0 aliphatic heterocycles. The van der Waals surface area contributed by atoms with E-state index in [4.69, 9.17) is 11.6 Å². The van der Waals surface area contributed by atoms with Crippen LogP contribution in [0.25, 0.3) is 0 Å². The van der Waals surface area contributed by atoms with Crippen LogP contribution in [0, 0.1) is 0 Å². The molecule has 5 heteroatoms. The zero-order chi connectivity index (χ0) is 12.9. The average Bonchev–Trinajstić information content (AvgIpc) is 2.25. The predicted molar refractivity (Wildman–Crippen MR) is 63.3 cm³/mol. The summed E-state index contributed by atoms with van der Waals surface area (Å²) in [6.07, 6.45) is -2.96. The molecule has 0 spiro atoms. The number of alkyl halides is 3. The van der Waals surface area contributed by atoms with Gasteiger partial charge in [0.2, 0.25) is 0 Å². The van der Waals surface area contributed by atoms with Gasteiger partial charge >= 0.3 is 6.18 Å². The Morgan fingerprint density at radius 3 is 2.29 bits per heavy atom. The molecule has 1 atom stereocenters. The van der Waals surface area contributed by atoms with E-state index in [0.29, 0.717) is 17.9 Å². The van der Waals surface area contributed by atoms with Gasteiger partial charge in [-0.3, -0.25) is 0 Å². The molecule has 17 heavy (non-hydrogen) atoms. The van der Waals surface area contributed by atoms with E-state index in [-0.39, 0.29) is 6.42 Å². The van der Waals surface area contributed by atoms with Gasteiger partial charge in [0.05, 0.1) is 0 Å². The predicted octanol–water partition coefficient (Wildman–Crippen LogP) is 3.81. The summed E-state index contributed by atoms with van der Waals surface area (Å²) in [4.78, 5) is 0. The van der Waals surface area contributed by atoms with Gasteiger partial charge in [0.1, 0.15) is 6.04 Å². The van der Waals surface area contributed by atoms with Crippen LogP contribution in [0.1, 0.15) is 18.4 Å². The Hall–Kier alpha value is -0.740. The molecule has 96 valence electrons. The summed E-state index contributed by atoms with van der Waals surface area (Å²) < 4.78 is 37.3. The second kappa shape index (κ2) is 6.26. The van der Waals surface area contributed by atoms with Gasteiger partial charge in [-0.1, -0.05) is 23.7 Å². The molecule has 1 nitrogen and oxygen atoms in total. The highest BCUT2D eigenvalue weighted by Gasteiger charge is 2.37. The van der Waals surface area contributed by atoms with Crippen molar-refractivity contribution in [3.05, 3.63) is 34.9 Å². The molecular formula is C12H15ClF3N. The van der Waals surface area contributed by atoms with Crippen LogP contribution in [0.5, 0.6) is 0 Å². The lowest BCUT2D eigenvalue weighted by molar-refractivity contribution is -0.156. The van der Waals surface area contributed by atoms with Gasteiger partial charge in [-0.15, -0.1) is 0 Å². The van der Waals surface area contributed by atoms with Crippen LogP contribution in [-0.2, 0) is 6.42 Å². The molecule has 0 aliphatic carbocycles. The van der Waals surface area contributed by atoms with Gasteiger partial charge in [-0.05, 0) is 44.0 Å². The van der Waals surface area contributed by atoms with E-state index in [9.17, 15) is 13.2 Å². The van der Waals surface area contributed by atoms with Gasteiger partial charge in [0.15, 0.2) is 0 Å². The van der Waals surface area contributed by atoms with E-state index in [2.05, 4.69) is 5.32 Å². The lowest BCUT2D eigenvalue weighted by Gasteiger charge is -2.19. The molecule has 0 aromatic heterocycles. The van der Waals surface area contributed by atoms with Crippen LogP contribution in [0.4, 0.5) is 13.2 Å². The van der Waals surface area contributed by atoms with Crippen LogP contribution >= 0.6 is 11.6 Å². The van der Waals surface area contributed by atoms with Crippen molar-refractivity contribution >= 4 is 11.6 Å². The average molecular weight is 266 g/mol. The molecule has 0 saturated heterocycles. The Bertz CT molecular complexity index is 335. The quantitative estimate of drug-likeness (QED) is 0.854. The zero-order valence-corrected chi connectivity index (χ0v) is 10.3. The Morgan fingerprint density at radius 2 is 1.82 bits per heavy atom. The fourth-order valence-corrected chi connectivity index (χ4v) is 1.76. The minimum absolute atomic E-state index is 0.0859. The molecule has 0 saturated carbocycles. The molecule has 1 aromatic carbocycles. The fourth-order valence-electron chi connectivity index (χ4n) is 1.63. The number of halogens is 4. The highest BCUT2D eigenvalue weighted by atomic mass is 35.5. The Balaban J connectivity index is 2.39. The highest BCUT2D eigenvalue weighted by Crippen LogP contribution is 2.23. The van der Waals surface area contributed by atoms with Crippen LogP contribution in [0.2, 0.25) is 5.02 Å². The van der Waals surface area contributed by atoms with E-state index in [1.54, 1.807) is 12.1 Å². The van der Waals surface area contributed by atoms with Crippen molar-refractivity contribution in [3.63, 3.8) is 0 Å². The summed E-state index contributed by atoms with van der Waals surface area (Å²) in [5.74, 6) is 0. The van der Waals surface area contributed by atoms with Crippen molar-refractivity contribution in [2.75, 3.05) is 7.05 Å². The maximum absolute atomic E-state index is 12.4. The molecule has 0 aliphatic rings. The number of rotatable bonds is 5. The molecule has 0 amide bonds. The minimum atomic E-state index is -4.17. The summed E-state index contributed by atoms with van der Waals surface area (Å²) >= 11 is 5.72. The molecule has 1 aromatic rings. The number of hydrogen-bond acceptors (Lipinski definition) is 1. The van der Waals surface area contributed by atoms with Crippen molar-refractivity contribution in [2.45, 2.75) is 31.5 Å². The zero-order valence-electron chi connectivity index (χ0n) is 9.52. The van der Waals surface area contributed by atoms with E-state index in [1.165, 1.54) is 7.05 Å². The lowest BCUT2D eigenvalue weighted by Crippen LogP contribution is -2.40. The van der Waals surface area contributed by atoms with Gasteiger partial charge in [0, 0.05) is 5.02 Å². The van der Waals surface area contributed by atoms with Crippen molar-refractivity contribution < 1.29 is 13.2 Å². The van der Waals surface area contributed by atoms with E-state index in [1.807, 2.05) is 12.1 Å². The van der Waals surface area contributed by atoms with Crippen LogP contribution in [0.3, 0.4) is 0 Å². The van der Waals surface area contributed by atoms with E-state index < -0.39 is 12.2 Å². The normalized spacial score (nSPS) is 13.7. The van der Waals surface area contributed by atoms with Gasteiger partial charge in [-0.25, -0.2) is 0 Å². The van der Waals surface area contributed by atoms with Crippen molar-refractivity contribution in [2.24, 2.45) is 0 Å². The van der Waals surface area contributed by atoms with Crippen molar-refractivity contribution in [3.8, 4) is 0 Å². The van der Waals surface area contributed by atoms with Gasteiger partial charge < -0.3 is 5.32 Å². The first-order chi connectivity index (χ1) is 7.93. The fraction of sp³-hybridized carbons (Fsp3) is 0.500. The summed E-state index contributed by atoms with van der Waals surface area (Å²) in [7, 11) is 1.33. The van der Waals surface area contributed by atoms with Gasteiger partial charge in [-0.2, -0.15) is 13.2 Å². The number of hydrogen-bond donors (Lipinski definition) is 1. The summed E-state index contributed by atoms with van der Waals surface area (Å²) in [6.45, 7) is 0. The standard InChI is InChI=1S/C12H15ClF3N/c1-17-11(12(14,15)16)4-2-3-9-5-7-10(13)8-6-9/h5-8,11,17H,2-4H2,1H3. The summed E-state index contributed by atoms with van der Waals surface area (Å²) in [5.41, 5.74) is 1.01. The minimum Gasteiger partial charge on any atom is -0.309 e. The smallest absolute Gasteiger partial charge is 0.309 e. The first-order valence-corrected chi connectivity index (χ1v) is 5.79. The maximum Gasteiger partial charge on any atom is 0.403 e. The monoisotopic (exact) mass is 265 g/mol.